The fourth-order valence-corrected chi connectivity index (χ4v) is 3.64. The highest BCUT2D eigenvalue weighted by atomic mass is 15.0. The lowest BCUT2D eigenvalue weighted by Crippen LogP contribution is -2.37. The smallest absolute Gasteiger partial charge is 0.0546 e. The summed E-state index contributed by atoms with van der Waals surface area (Å²) in [6, 6.07) is 0. The van der Waals surface area contributed by atoms with Crippen LogP contribution in [0.2, 0.25) is 0 Å². The van der Waals surface area contributed by atoms with E-state index in [2.05, 4.69) is 5.32 Å². The van der Waals surface area contributed by atoms with Gasteiger partial charge in [0.1, 0.15) is 0 Å². The maximum atomic E-state index is 6.17. The van der Waals surface area contributed by atoms with E-state index < -0.39 is 0 Å². The molecule has 0 aliphatic heterocycles. The summed E-state index contributed by atoms with van der Waals surface area (Å²) in [6.07, 6.45) is 25.4. The van der Waals surface area contributed by atoms with E-state index in [1.54, 1.807) is 0 Å². The monoisotopic (exact) mass is 384 g/mol. The van der Waals surface area contributed by atoms with Gasteiger partial charge in [-0.15, -0.1) is 0 Å². The molecular weight excluding hydrogens is 332 g/mol. The first kappa shape index (κ1) is 26.8. The average molecular weight is 385 g/mol. The van der Waals surface area contributed by atoms with Crippen molar-refractivity contribution in [3.05, 3.63) is 0 Å². The standard InChI is InChI=1S/C23H52N4/c24-20-16-12-8-4-1-2-6-10-14-18-22-27-23(26)19-15-11-7-3-5-9-13-17-21-25/h23,27H,1-22,24-26H2. The lowest BCUT2D eigenvalue weighted by atomic mass is 10.1. The molecular formula is C23H52N4. The highest BCUT2D eigenvalue weighted by Crippen LogP contribution is 2.11. The van der Waals surface area contributed by atoms with Crippen molar-refractivity contribution in [1.29, 1.82) is 0 Å². The molecule has 4 heteroatoms. The van der Waals surface area contributed by atoms with Gasteiger partial charge in [-0.3, -0.25) is 0 Å². The molecule has 0 saturated heterocycles. The molecule has 0 aromatic carbocycles. The summed E-state index contributed by atoms with van der Waals surface area (Å²) in [5.74, 6) is 0. The third-order valence-electron chi connectivity index (χ3n) is 5.51. The molecule has 0 aliphatic rings. The first-order chi connectivity index (χ1) is 13.3. The first-order valence-corrected chi connectivity index (χ1v) is 12.2. The molecule has 0 bridgehead atoms. The van der Waals surface area contributed by atoms with E-state index in [9.17, 15) is 0 Å². The highest BCUT2D eigenvalue weighted by Gasteiger charge is 2.01. The molecule has 0 aromatic rings. The number of rotatable bonds is 23. The zero-order chi connectivity index (χ0) is 19.8. The second kappa shape index (κ2) is 23.9. The SMILES string of the molecule is NCCCCCCCCCCCCNC(N)CCCCCCCCCCN. The van der Waals surface area contributed by atoms with Crippen LogP contribution in [0.4, 0.5) is 0 Å². The van der Waals surface area contributed by atoms with Gasteiger partial charge >= 0.3 is 0 Å². The number of unbranched alkanes of at least 4 members (excludes halogenated alkanes) is 16. The quantitative estimate of drug-likeness (QED) is 0.144. The van der Waals surface area contributed by atoms with E-state index in [1.807, 2.05) is 0 Å². The van der Waals surface area contributed by atoms with Crippen molar-refractivity contribution in [2.24, 2.45) is 17.2 Å². The van der Waals surface area contributed by atoms with Crippen LogP contribution in [0.3, 0.4) is 0 Å². The summed E-state index contributed by atoms with van der Waals surface area (Å²) < 4.78 is 0. The molecule has 4 nitrogen and oxygen atoms in total. The molecule has 0 fully saturated rings. The zero-order valence-electron chi connectivity index (χ0n) is 18.4. The molecule has 1 unspecified atom stereocenters. The Kier molecular flexibility index (Phi) is 23.7. The Bertz CT molecular complexity index is 261. The van der Waals surface area contributed by atoms with Gasteiger partial charge in [-0.1, -0.05) is 96.3 Å². The van der Waals surface area contributed by atoms with Crippen molar-refractivity contribution < 1.29 is 0 Å². The van der Waals surface area contributed by atoms with Gasteiger partial charge in [0.25, 0.3) is 0 Å². The van der Waals surface area contributed by atoms with E-state index in [0.717, 1.165) is 26.1 Å². The molecule has 27 heavy (non-hydrogen) atoms. The van der Waals surface area contributed by atoms with Gasteiger partial charge in [0.15, 0.2) is 0 Å². The fourth-order valence-electron chi connectivity index (χ4n) is 3.64. The van der Waals surface area contributed by atoms with Crippen LogP contribution in [0.25, 0.3) is 0 Å². The van der Waals surface area contributed by atoms with Crippen molar-refractivity contribution in [3.63, 3.8) is 0 Å². The molecule has 164 valence electrons. The van der Waals surface area contributed by atoms with Gasteiger partial charge in [-0.2, -0.15) is 0 Å². The zero-order valence-corrected chi connectivity index (χ0v) is 18.4. The molecule has 0 radical (unpaired) electrons. The topological polar surface area (TPSA) is 90.1 Å². The lowest BCUT2D eigenvalue weighted by molar-refractivity contribution is 0.450. The number of hydrogen-bond donors (Lipinski definition) is 4. The Balaban J connectivity index is 3.12. The summed E-state index contributed by atoms with van der Waals surface area (Å²) in [5.41, 5.74) is 17.2. The minimum Gasteiger partial charge on any atom is -0.330 e. The predicted molar refractivity (Wildman–Crippen MR) is 122 cm³/mol. The Morgan fingerprint density at radius 1 is 0.444 bits per heavy atom. The molecule has 0 saturated carbocycles. The van der Waals surface area contributed by atoms with Crippen molar-refractivity contribution in [2.75, 3.05) is 19.6 Å². The third-order valence-corrected chi connectivity index (χ3v) is 5.51. The molecule has 0 spiro atoms. The Hall–Kier alpha value is -0.160. The van der Waals surface area contributed by atoms with E-state index >= 15 is 0 Å². The maximum Gasteiger partial charge on any atom is 0.0546 e. The van der Waals surface area contributed by atoms with Gasteiger partial charge in [-0.05, 0) is 45.3 Å². The fraction of sp³-hybridized carbons (Fsp3) is 1.00. The van der Waals surface area contributed by atoms with E-state index in [1.165, 1.54) is 116 Å². The van der Waals surface area contributed by atoms with Crippen molar-refractivity contribution in [1.82, 2.24) is 5.32 Å². The summed E-state index contributed by atoms with van der Waals surface area (Å²) in [5, 5.41) is 3.49. The van der Waals surface area contributed by atoms with E-state index in [4.69, 9.17) is 17.2 Å². The van der Waals surface area contributed by atoms with Gasteiger partial charge in [0.05, 0.1) is 6.17 Å². The van der Waals surface area contributed by atoms with E-state index in [-0.39, 0.29) is 6.17 Å². The summed E-state index contributed by atoms with van der Waals surface area (Å²) in [7, 11) is 0. The second-order valence-electron chi connectivity index (χ2n) is 8.29. The minimum atomic E-state index is 0.197. The van der Waals surface area contributed by atoms with Crippen LogP contribution in [0.1, 0.15) is 122 Å². The van der Waals surface area contributed by atoms with Crippen LogP contribution in [0.5, 0.6) is 0 Å². The van der Waals surface area contributed by atoms with E-state index in [0.29, 0.717) is 0 Å². The van der Waals surface area contributed by atoms with Crippen LogP contribution in [-0.4, -0.2) is 25.8 Å². The molecule has 0 rings (SSSR count). The van der Waals surface area contributed by atoms with Crippen LogP contribution < -0.4 is 22.5 Å². The van der Waals surface area contributed by atoms with Crippen LogP contribution in [0.15, 0.2) is 0 Å². The summed E-state index contributed by atoms with van der Waals surface area (Å²) in [4.78, 5) is 0. The Morgan fingerprint density at radius 3 is 1.19 bits per heavy atom. The van der Waals surface area contributed by atoms with Crippen LogP contribution in [-0.2, 0) is 0 Å². The summed E-state index contributed by atoms with van der Waals surface area (Å²) >= 11 is 0. The molecule has 0 amide bonds. The van der Waals surface area contributed by atoms with Crippen LogP contribution >= 0.6 is 0 Å². The number of nitrogens with two attached hydrogens (primary N) is 3. The predicted octanol–water partition coefficient (Wildman–Crippen LogP) is 5.19. The highest BCUT2D eigenvalue weighted by molar-refractivity contribution is 4.60. The number of nitrogens with one attached hydrogen (secondary N) is 1. The van der Waals surface area contributed by atoms with Gasteiger partial charge < -0.3 is 22.5 Å². The summed E-state index contributed by atoms with van der Waals surface area (Å²) in [6.45, 7) is 2.79. The molecule has 0 aromatic heterocycles. The van der Waals surface area contributed by atoms with Gasteiger partial charge in [-0.25, -0.2) is 0 Å². The van der Waals surface area contributed by atoms with Crippen molar-refractivity contribution >= 4 is 0 Å². The number of hydrogen-bond acceptors (Lipinski definition) is 4. The van der Waals surface area contributed by atoms with Crippen LogP contribution in [0, 0.1) is 0 Å². The van der Waals surface area contributed by atoms with Gasteiger partial charge in [0, 0.05) is 0 Å². The average Bonchev–Trinajstić information content (AvgIpc) is 2.67. The Labute approximate surface area is 170 Å². The second-order valence-corrected chi connectivity index (χ2v) is 8.29. The van der Waals surface area contributed by atoms with Crippen molar-refractivity contribution in [3.8, 4) is 0 Å². The third kappa shape index (κ3) is 23.8. The molecule has 7 N–H and O–H groups in total. The van der Waals surface area contributed by atoms with Gasteiger partial charge in [0.2, 0.25) is 0 Å². The minimum absolute atomic E-state index is 0.197. The molecule has 0 heterocycles. The lowest BCUT2D eigenvalue weighted by Gasteiger charge is -2.13. The van der Waals surface area contributed by atoms with Crippen molar-refractivity contribution in [2.45, 2.75) is 128 Å². The Morgan fingerprint density at radius 2 is 0.778 bits per heavy atom. The first-order valence-electron chi connectivity index (χ1n) is 12.2. The molecule has 1 atom stereocenters. The normalized spacial score (nSPS) is 12.6. The molecule has 0 aliphatic carbocycles. The largest absolute Gasteiger partial charge is 0.330 e. The maximum absolute atomic E-state index is 6.17.